The monoisotopic (exact) mass is 393 g/mol. The maximum atomic E-state index is 13.9. The molecule has 0 aliphatic rings. The van der Waals surface area contributed by atoms with Crippen molar-refractivity contribution in [1.82, 2.24) is 0 Å². The molecular formula is C13H7BrCl2FNO3. The number of nitro benzene ring substituents is 1. The van der Waals surface area contributed by atoms with Crippen LogP contribution >= 0.6 is 39.1 Å². The van der Waals surface area contributed by atoms with Crippen LogP contribution in [0.5, 0.6) is 11.5 Å². The molecule has 2 rings (SSSR count). The lowest BCUT2D eigenvalue weighted by molar-refractivity contribution is -0.385. The molecule has 0 aromatic heterocycles. The molecule has 8 heteroatoms. The van der Waals surface area contributed by atoms with Crippen molar-refractivity contribution in [2.45, 2.75) is 5.33 Å². The first-order chi connectivity index (χ1) is 9.92. The molecule has 0 fully saturated rings. The van der Waals surface area contributed by atoms with Gasteiger partial charge in [0.1, 0.15) is 0 Å². The van der Waals surface area contributed by atoms with Gasteiger partial charge in [0, 0.05) is 17.5 Å². The van der Waals surface area contributed by atoms with Gasteiger partial charge in [-0.2, -0.15) is 0 Å². The Balaban J connectivity index is 2.43. The molecule has 0 aliphatic heterocycles. The molecule has 0 unspecified atom stereocenters. The minimum atomic E-state index is -0.678. The normalized spacial score (nSPS) is 10.5. The Morgan fingerprint density at radius 1 is 1.19 bits per heavy atom. The van der Waals surface area contributed by atoms with Gasteiger partial charge in [-0.05, 0) is 17.7 Å². The van der Waals surface area contributed by atoms with Crippen LogP contribution in [0.3, 0.4) is 0 Å². The van der Waals surface area contributed by atoms with Crippen molar-refractivity contribution in [3.05, 3.63) is 61.9 Å². The van der Waals surface area contributed by atoms with Crippen LogP contribution in [-0.4, -0.2) is 4.92 Å². The van der Waals surface area contributed by atoms with Gasteiger partial charge in [-0.25, -0.2) is 4.39 Å². The molecule has 0 aliphatic carbocycles. The topological polar surface area (TPSA) is 52.4 Å². The zero-order valence-electron chi connectivity index (χ0n) is 10.3. The summed E-state index contributed by atoms with van der Waals surface area (Å²) < 4.78 is 19.1. The fourth-order valence-corrected chi connectivity index (χ4v) is 2.23. The van der Waals surface area contributed by atoms with Gasteiger partial charge < -0.3 is 4.74 Å². The van der Waals surface area contributed by atoms with Gasteiger partial charge >= 0.3 is 5.69 Å². The van der Waals surface area contributed by atoms with Gasteiger partial charge in [-0.3, -0.25) is 10.1 Å². The quantitative estimate of drug-likeness (QED) is 0.378. The zero-order valence-corrected chi connectivity index (χ0v) is 13.4. The van der Waals surface area contributed by atoms with E-state index < -0.39 is 16.4 Å². The molecule has 0 heterocycles. The van der Waals surface area contributed by atoms with Crippen LogP contribution in [0.4, 0.5) is 10.1 Å². The molecule has 0 bridgehead atoms. The lowest BCUT2D eigenvalue weighted by Gasteiger charge is -2.09. The molecular weight excluding hydrogens is 388 g/mol. The van der Waals surface area contributed by atoms with Crippen LogP contribution in [0.2, 0.25) is 10.0 Å². The summed E-state index contributed by atoms with van der Waals surface area (Å²) in [4.78, 5) is 10.3. The lowest BCUT2D eigenvalue weighted by atomic mass is 10.2. The second kappa shape index (κ2) is 6.60. The first-order valence-corrected chi connectivity index (χ1v) is 7.45. The summed E-state index contributed by atoms with van der Waals surface area (Å²) in [5.74, 6) is -0.951. The van der Waals surface area contributed by atoms with Gasteiger partial charge in [-0.15, -0.1) is 0 Å². The molecule has 2 aromatic rings. The highest BCUT2D eigenvalue weighted by atomic mass is 79.9. The molecule has 110 valence electrons. The van der Waals surface area contributed by atoms with E-state index in [1.165, 1.54) is 18.2 Å². The first-order valence-electron chi connectivity index (χ1n) is 5.58. The van der Waals surface area contributed by atoms with Crippen molar-refractivity contribution >= 4 is 44.8 Å². The van der Waals surface area contributed by atoms with E-state index in [9.17, 15) is 14.5 Å². The predicted octanol–water partition coefficient (Wildman–Crippen LogP) is 5.73. The SMILES string of the molecule is O=[N+]([O-])c1cc(Cl)c(Cl)cc1Oc1ccc(CBr)cc1F. The second-order valence-electron chi connectivity index (χ2n) is 3.99. The minimum absolute atomic E-state index is 0.0193. The Labute approximate surface area is 137 Å². The summed E-state index contributed by atoms with van der Waals surface area (Å²) in [5, 5.41) is 11.6. The van der Waals surface area contributed by atoms with E-state index in [1.54, 1.807) is 6.07 Å². The fourth-order valence-electron chi connectivity index (χ4n) is 1.57. The van der Waals surface area contributed by atoms with Crippen LogP contribution in [0.15, 0.2) is 30.3 Å². The van der Waals surface area contributed by atoms with Crippen molar-refractivity contribution in [3.63, 3.8) is 0 Å². The molecule has 2 aromatic carbocycles. The third-order valence-corrected chi connectivity index (χ3v) is 3.94. The number of nitrogens with zero attached hydrogens (tertiary/aromatic N) is 1. The first kappa shape index (κ1) is 16.0. The minimum Gasteiger partial charge on any atom is -0.447 e. The van der Waals surface area contributed by atoms with Crippen LogP contribution in [0.25, 0.3) is 0 Å². The molecule has 0 spiro atoms. The zero-order chi connectivity index (χ0) is 15.6. The summed E-state index contributed by atoms with van der Waals surface area (Å²) in [6.07, 6.45) is 0. The Hall–Kier alpha value is -1.37. The number of benzene rings is 2. The molecule has 0 radical (unpaired) electrons. The van der Waals surface area contributed by atoms with E-state index in [0.29, 0.717) is 10.9 Å². The Bertz CT molecular complexity index is 712. The fraction of sp³-hybridized carbons (Fsp3) is 0.0769. The van der Waals surface area contributed by atoms with Crippen molar-refractivity contribution in [2.75, 3.05) is 0 Å². The van der Waals surface area contributed by atoms with E-state index in [4.69, 9.17) is 27.9 Å². The van der Waals surface area contributed by atoms with E-state index in [0.717, 1.165) is 6.07 Å². The maximum absolute atomic E-state index is 13.9. The van der Waals surface area contributed by atoms with E-state index >= 15 is 0 Å². The van der Waals surface area contributed by atoms with Crippen molar-refractivity contribution in [2.24, 2.45) is 0 Å². The van der Waals surface area contributed by atoms with Crippen LogP contribution < -0.4 is 4.74 Å². The summed E-state index contributed by atoms with van der Waals surface area (Å²) >= 11 is 14.7. The predicted molar refractivity (Wildman–Crippen MR) is 82.2 cm³/mol. The van der Waals surface area contributed by atoms with Gasteiger partial charge in [0.15, 0.2) is 11.6 Å². The summed E-state index contributed by atoms with van der Waals surface area (Å²) in [6, 6.07) is 6.53. The number of halogens is 4. The molecule has 4 nitrogen and oxygen atoms in total. The molecule has 0 atom stereocenters. The van der Waals surface area contributed by atoms with Crippen molar-refractivity contribution < 1.29 is 14.1 Å². The largest absolute Gasteiger partial charge is 0.447 e. The Morgan fingerprint density at radius 2 is 1.86 bits per heavy atom. The number of hydrogen-bond donors (Lipinski definition) is 0. The average Bonchev–Trinajstić information content (AvgIpc) is 2.44. The molecule has 0 saturated carbocycles. The second-order valence-corrected chi connectivity index (χ2v) is 5.37. The van der Waals surface area contributed by atoms with Gasteiger partial charge in [-0.1, -0.05) is 45.2 Å². The third kappa shape index (κ3) is 3.64. The van der Waals surface area contributed by atoms with Crippen LogP contribution in [0, 0.1) is 15.9 Å². The van der Waals surface area contributed by atoms with Crippen molar-refractivity contribution in [1.29, 1.82) is 0 Å². The summed E-state index contributed by atoms with van der Waals surface area (Å²) in [5.41, 5.74) is 0.317. The molecule has 0 amide bonds. The Kier molecular flexibility index (Phi) is 5.03. The highest BCUT2D eigenvalue weighted by molar-refractivity contribution is 9.08. The van der Waals surface area contributed by atoms with Gasteiger partial charge in [0.05, 0.1) is 15.0 Å². The van der Waals surface area contributed by atoms with E-state index in [-0.39, 0.29) is 21.5 Å². The number of ether oxygens (including phenoxy) is 1. The lowest BCUT2D eigenvalue weighted by Crippen LogP contribution is -1.96. The highest BCUT2D eigenvalue weighted by Gasteiger charge is 2.20. The summed E-state index contributed by atoms with van der Waals surface area (Å²) in [7, 11) is 0. The highest BCUT2D eigenvalue weighted by Crippen LogP contribution is 2.38. The summed E-state index contributed by atoms with van der Waals surface area (Å²) in [6.45, 7) is 0. The molecule has 0 N–H and O–H groups in total. The standard InChI is InChI=1S/C13H7BrCl2FNO3/c14-6-7-1-2-12(10(17)3-7)21-13-5-9(16)8(15)4-11(13)18(19)20/h1-5H,6H2. The molecule has 0 saturated heterocycles. The average molecular weight is 395 g/mol. The van der Waals surface area contributed by atoms with E-state index in [1.807, 2.05) is 0 Å². The van der Waals surface area contributed by atoms with Gasteiger partial charge in [0.2, 0.25) is 5.75 Å². The third-order valence-electron chi connectivity index (χ3n) is 2.57. The van der Waals surface area contributed by atoms with Gasteiger partial charge in [0.25, 0.3) is 0 Å². The Morgan fingerprint density at radius 3 is 2.43 bits per heavy atom. The number of rotatable bonds is 4. The smallest absolute Gasteiger partial charge is 0.313 e. The maximum Gasteiger partial charge on any atom is 0.313 e. The molecule has 21 heavy (non-hydrogen) atoms. The number of nitro groups is 1. The van der Waals surface area contributed by atoms with Crippen LogP contribution in [0.1, 0.15) is 5.56 Å². The number of hydrogen-bond acceptors (Lipinski definition) is 3. The van der Waals surface area contributed by atoms with Crippen LogP contribution in [-0.2, 0) is 5.33 Å². The number of alkyl halides is 1. The van der Waals surface area contributed by atoms with Crippen molar-refractivity contribution in [3.8, 4) is 11.5 Å². The van der Waals surface area contributed by atoms with E-state index in [2.05, 4.69) is 15.9 Å².